The van der Waals surface area contributed by atoms with E-state index in [1.165, 1.54) is 12.0 Å². The van der Waals surface area contributed by atoms with Crippen molar-refractivity contribution in [2.75, 3.05) is 32.3 Å². The van der Waals surface area contributed by atoms with Crippen LogP contribution in [0.5, 0.6) is 0 Å². The maximum absolute atomic E-state index is 12.2. The predicted octanol–water partition coefficient (Wildman–Crippen LogP) is 2.27. The second-order valence-electron chi connectivity index (χ2n) is 4.76. The summed E-state index contributed by atoms with van der Waals surface area (Å²) in [5.41, 5.74) is 1.62. The lowest BCUT2D eigenvalue weighted by molar-refractivity contribution is 0.169. The number of nitriles is 1. The number of carbonyl (C=O) groups is 1. The summed E-state index contributed by atoms with van der Waals surface area (Å²) in [5, 5.41) is 13.9. The van der Waals surface area contributed by atoms with E-state index in [9.17, 15) is 10.1 Å². The standard InChI is InChI=1S/C16H18N4O3/c1-12-14(11-17)15(19(9-10-22-2)16(21)23-3)20(18-12)13-7-5-4-6-8-13/h4-8H,9-10H2,1-3H3. The van der Waals surface area contributed by atoms with E-state index in [1.54, 1.807) is 18.7 Å². The quantitative estimate of drug-likeness (QED) is 0.845. The highest BCUT2D eigenvalue weighted by Gasteiger charge is 2.27. The van der Waals surface area contributed by atoms with Crippen molar-refractivity contribution in [3.63, 3.8) is 0 Å². The van der Waals surface area contributed by atoms with Crippen LogP contribution in [-0.4, -0.2) is 43.2 Å². The maximum Gasteiger partial charge on any atom is 0.415 e. The van der Waals surface area contributed by atoms with Crippen molar-refractivity contribution in [3.8, 4) is 11.8 Å². The monoisotopic (exact) mass is 314 g/mol. The molecule has 0 bridgehead atoms. The zero-order valence-corrected chi connectivity index (χ0v) is 13.3. The average molecular weight is 314 g/mol. The molecule has 0 fully saturated rings. The van der Waals surface area contributed by atoms with Crippen molar-refractivity contribution >= 4 is 11.9 Å². The molecule has 1 aromatic carbocycles. The summed E-state index contributed by atoms with van der Waals surface area (Å²) in [7, 11) is 2.84. The first-order chi connectivity index (χ1) is 11.1. The van der Waals surface area contributed by atoms with Gasteiger partial charge in [-0.1, -0.05) is 18.2 Å². The van der Waals surface area contributed by atoms with E-state index < -0.39 is 6.09 Å². The molecule has 2 rings (SSSR count). The van der Waals surface area contributed by atoms with Gasteiger partial charge in [0, 0.05) is 7.11 Å². The molecule has 7 heteroatoms. The topological polar surface area (TPSA) is 80.4 Å². The molecule has 23 heavy (non-hydrogen) atoms. The Morgan fingerprint density at radius 3 is 2.61 bits per heavy atom. The van der Waals surface area contributed by atoms with E-state index in [2.05, 4.69) is 11.2 Å². The molecule has 0 N–H and O–H groups in total. The molecule has 0 aliphatic rings. The third-order valence-electron chi connectivity index (χ3n) is 3.32. The molecule has 1 amide bonds. The van der Waals surface area contributed by atoms with Crippen LogP contribution in [-0.2, 0) is 9.47 Å². The van der Waals surface area contributed by atoms with Gasteiger partial charge in [0.1, 0.15) is 11.6 Å². The van der Waals surface area contributed by atoms with Crippen LogP contribution in [0, 0.1) is 18.3 Å². The van der Waals surface area contributed by atoms with Gasteiger partial charge >= 0.3 is 6.09 Å². The normalized spacial score (nSPS) is 10.2. The molecular formula is C16H18N4O3. The third kappa shape index (κ3) is 3.33. The minimum atomic E-state index is -0.573. The number of aromatic nitrogens is 2. The van der Waals surface area contributed by atoms with Crippen LogP contribution in [0.15, 0.2) is 30.3 Å². The summed E-state index contributed by atoms with van der Waals surface area (Å²) < 4.78 is 11.5. The Kier molecular flexibility index (Phi) is 5.33. The van der Waals surface area contributed by atoms with Gasteiger partial charge in [-0.15, -0.1) is 0 Å². The van der Waals surface area contributed by atoms with Crippen LogP contribution in [0.25, 0.3) is 5.69 Å². The maximum atomic E-state index is 12.2. The summed E-state index contributed by atoms with van der Waals surface area (Å²) in [6.45, 7) is 2.28. The third-order valence-corrected chi connectivity index (χ3v) is 3.32. The Balaban J connectivity index is 2.62. The minimum Gasteiger partial charge on any atom is -0.452 e. The summed E-state index contributed by atoms with van der Waals surface area (Å²) >= 11 is 0. The van der Waals surface area contributed by atoms with Crippen LogP contribution < -0.4 is 4.90 Å². The van der Waals surface area contributed by atoms with E-state index in [4.69, 9.17) is 9.47 Å². The van der Waals surface area contributed by atoms with Crippen LogP contribution in [0.3, 0.4) is 0 Å². The molecule has 0 atom stereocenters. The van der Waals surface area contributed by atoms with Gasteiger partial charge < -0.3 is 9.47 Å². The minimum absolute atomic E-state index is 0.246. The number of ether oxygens (including phenoxy) is 2. The molecule has 0 aliphatic heterocycles. The van der Waals surface area contributed by atoms with Crippen molar-refractivity contribution in [1.29, 1.82) is 5.26 Å². The molecule has 0 unspecified atom stereocenters. The van der Waals surface area contributed by atoms with Crippen LogP contribution in [0.1, 0.15) is 11.3 Å². The van der Waals surface area contributed by atoms with Gasteiger partial charge in [-0.2, -0.15) is 10.4 Å². The average Bonchev–Trinajstić information content (AvgIpc) is 2.92. The van der Waals surface area contributed by atoms with Crippen molar-refractivity contribution in [3.05, 3.63) is 41.6 Å². The van der Waals surface area contributed by atoms with E-state index >= 15 is 0 Å². The summed E-state index contributed by atoms with van der Waals surface area (Å²) in [5.74, 6) is 0.375. The van der Waals surface area contributed by atoms with E-state index in [1.807, 2.05) is 30.3 Å². The molecule has 2 aromatic rings. The fourth-order valence-electron chi connectivity index (χ4n) is 2.22. The molecule has 0 aliphatic carbocycles. The van der Waals surface area contributed by atoms with Gasteiger partial charge in [-0.3, -0.25) is 4.90 Å². The van der Waals surface area contributed by atoms with E-state index in [0.29, 0.717) is 23.7 Å². The van der Waals surface area contributed by atoms with Crippen LogP contribution in [0.4, 0.5) is 10.6 Å². The number of para-hydroxylation sites is 1. The van der Waals surface area contributed by atoms with Gasteiger partial charge in [-0.25, -0.2) is 9.48 Å². The number of methoxy groups -OCH3 is 2. The van der Waals surface area contributed by atoms with Crippen molar-refractivity contribution in [2.24, 2.45) is 0 Å². The number of hydrogen-bond acceptors (Lipinski definition) is 5. The summed E-state index contributed by atoms with van der Waals surface area (Å²) in [6, 6.07) is 11.4. The van der Waals surface area contributed by atoms with Crippen LogP contribution in [0.2, 0.25) is 0 Å². The number of rotatable bonds is 5. The second kappa shape index (κ2) is 7.42. The molecule has 0 radical (unpaired) electrons. The van der Waals surface area contributed by atoms with Crippen molar-refractivity contribution in [2.45, 2.75) is 6.92 Å². The highest BCUT2D eigenvalue weighted by atomic mass is 16.5. The highest BCUT2D eigenvalue weighted by Crippen LogP contribution is 2.27. The number of benzene rings is 1. The van der Waals surface area contributed by atoms with Gasteiger partial charge in [0.25, 0.3) is 0 Å². The van der Waals surface area contributed by atoms with Gasteiger partial charge in [0.15, 0.2) is 5.82 Å². The molecule has 0 saturated carbocycles. The number of nitrogens with zero attached hydrogens (tertiary/aromatic N) is 4. The van der Waals surface area contributed by atoms with E-state index in [0.717, 1.165) is 5.69 Å². The van der Waals surface area contributed by atoms with Gasteiger partial charge in [-0.05, 0) is 19.1 Å². The molecule has 1 aromatic heterocycles. The first-order valence-electron chi connectivity index (χ1n) is 7.03. The first kappa shape index (κ1) is 16.5. The van der Waals surface area contributed by atoms with Gasteiger partial charge in [0.05, 0.1) is 31.6 Å². The van der Waals surface area contributed by atoms with Gasteiger partial charge in [0.2, 0.25) is 0 Å². The molecule has 7 nitrogen and oxygen atoms in total. The lowest BCUT2D eigenvalue weighted by Crippen LogP contribution is -2.36. The molecule has 0 saturated heterocycles. The number of anilines is 1. The second-order valence-corrected chi connectivity index (χ2v) is 4.76. The predicted molar refractivity (Wildman–Crippen MR) is 84.6 cm³/mol. The molecule has 120 valence electrons. The lowest BCUT2D eigenvalue weighted by atomic mass is 10.2. The molecular weight excluding hydrogens is 296 g/mol. The number of hydrogen-bond donors (Lipinski definition) is 0. The largest absolute Gasteiger partial charge is 0.452 e. The fraction of sp³-hybridized carbons (Fsp3) is 0.312. The zero-order chi connectivity index (χ0) is 16.8. The Morgan fingerprint density at radius 1 is 1.35 bits per heavy atom. The Morgan fingerprint density at radius 2 is 2.04 bits per heavy atom. The summed E-state index contributed by atoms with van der Waals surface area (Å²) in [6.07, 6.45) is -0.573. The highest BCUT2D eigenvalue weighted by molar-refractivity contribution is 5.89. The number of aryl methyl sites for hydroxylation is 1. The SMILES string of the molecule is COCCN(C(=O)OC)c1c(C#N)c(C)nn1-c1ccccc1. The van der Waals surface area contributed by atoms with Crippen LogP contribution >= 0.6 is 0 Å². The van der Waals surface area contributed by atoms with E-state index in [-0.39, 0.29) is 6.54 Å². The Hall–Kier alpha value is -2.85. The first-order valence-corrected chi connectivity index (χ1v) is 7.03. The smallest absolute Gasteiger partial charge is 0.415 e. The number of amides is 1. The molecule has 0 spiro atoms. The van der Waals surface area contributed by atoms with Crippen molar-refractivity contribution < 1.29 is 14.3 Å². The number of carbonyl (C=O) groups excluding carboxylic acids is 1. The summed E-state index contributed by atoms with van der Waals surface area (Å²) in [4.78, 5) is 13.5. The van der Waals surface area contributed by atoms with Crippen molar-refractivity contribution in [1.82, 2.24) is 9.78 Å². The molecule has 1 heterocycles. The fourth-order valence-corrected chi connectivity index (χ4v) is 2.22. The lowest BCUT2D eigenvalue weighted by Gasteiger charge is -2.22. The Labute approximate surface area is 134 Å². The zero-order valence-electron chi connectivity index (χ0n) is 13.3. The Bertz CT molecular complexity index is 719.